The molecular weight excluding hydrogens is 236 g/mol. The van der Waals surface area contributed by atoms with E-state index in [9.17, 15) is 10.1 Å². The number of hydrogen-bond donors (Lipinski definition) is 0. The van der Waals surface area contributed by atoms with Crippen molar-refractivity contribution >= 4 is 5.78 Å². The van der Waals surface area contributed by atoms with E-state index in [1.165, 1.54) is 0 Å². The van der Waals surface area contributed by atoms with Crippen LogP contribution in [0.4, 0.5) is 0 Å². The summed E-state index contributed by atoms with van der Waals surface area (Å²) in [4.78, 5) is 16.3. The maximum absolute atomic E-state index is 12.4. The van der Waals surface area contributed by atoms with Crippen molar-refractivity contribution in [3.05, 3.63) is 65.0 Å². The highest BCUT2D eigenvalue weighted by Gasteiger charge is 2.21. The number of Topliss-reactive ketones (excluding diaryl/α,β-unsaturated/α-hetero) is 1. The zero-order chi connectivity index (χ0) is 13.8. The predicted molar refractivity (Wildman–Crippen MR) is 72.8 cm³/mol. The smallest absolute Gasteiger partial charge is 0.184 e. The molecule has 0 spiro atoms. The van der Waals surface area contributed by atoms with Crippen LogP contribution in [0.2, 0.25) is 0 Å². The van der Waals surface area contributed by atoms with Gasteiger partial charge in [-0.25, -0.2) is 0 Å². The van der Waals surface area contributed by atoms with Gasteiger partial charge in [-0.2, -0.15) is 5.26 Å². The van der Waals surface area contributed by atoms with Crippen molar-refractivity contribution in [3.8, 4) is 6.07 Å². The molecule has 0 N–H and O–H groups in total. The molecule has 1 atom stereocenters. The van der Waals surface area contributed by atoms with E-state index >= 15 is 0 Å². The van der Waals surface area contributed by atoms with Gasteiger partial charge in [0.15, 0.2) is 5.78 Å². The van der Waals surface area contributed by atoms with Gasteiger partial charge in [0, 0.05) is 18.0 Å². The maximum atomic E-state index is 12.4. The van der Waals surface area contributed by atoms with E-state index in [0.717, 1.165) is 11.1 Å². The predicted octanol–water partition coefficient (Wildman–Crippen LogP) is 3.19. The number of nitriles is 1. The lowest BCUT2D eigenvalue weighted by molar-refractivity contribution is 0.0979. The summed E-state index contributed by atoms with van der Waals surface area (Å²) >= 11 is 0. The molecular formula is C16H14N2O. The first-order chi connectivity index (χ1) is 9.13. The summed E-state index contributed by atoms with van der Waals surface area (Å²) in [5, 5.41) is 9.24. The Morgan fingerprint density at radius 2 is 1.84 bits per heavy atom. The van der Waals surface area contributed by atoms with E-state index in [2.05, 4.69) is 11.1 Å². The number of carbonyl (C=O) groups is 1. The number of rotatable bonds is 3. The van der Waals surface area contributed by atoms with Gasteiger partial charge < -0.3 is 0 Å². The lowest BCUT2D eigenvalue weighted by atomic mass is 9.91. The first kappa shape index (κ1) is 13.0. The molecule has 3 heteroatoms. The van der Waals surface area contributed by atoms with Crippen molar-refractivity contribution in [2.24, 2.45) is 0 Å². The molecule has 1 aromatic carbocycles. The fourth-order valence-corrected chi connectivity index (χ4v) is 1.90. The molecule has 1 aromatic heterocycles. The fourth-order valence-electron chi connectivity index (χ4n) is 1.90. The van der Waals surface area contributed by atoms with Crippen molar-refractivity contribution in [3.63, 3.8) is 0 Å². The zero-order valence-electron chi connectivity index (χ0n) is 10.9. The maximum Gasteiger partial charge on any atom is 0.184 e. The van der Waals surface area contributed by atoms with E-state index in [-0.39, 0.29) is 5.78 Å². The minimum absolute atomic E-state index is 0.170. The molecule has 0 aliphatic carbocycles. The molecule has 1 unspecified atom stereocenters. The molecule has 3 nitrogen and oxygen atoms in total. The summed E-state index contributed by atoms with van der Waals surface area (Å²) < 4.78 is 0. The number of carbonyl (C=O) groups excluding carboxylic acids is 1. The van der Waals surface area contributed by atoms with E-state index in [4.69, 9.17) is 0 Å². The van der Waals surface area contributed by atoms with Crippen LogP contribution in [0, 0.1) is 25.2 Å². The molecule has 94 valence electrons. The molecule has 0 saturated heterocycles. The molecule has 2 rings (SSSR count). The highest BCUT2D eigenvalue weighted by molar-refractivity contribution is 6.02. The normalized spacial score (nSPS) is 11.6. The lowest BCUT2D eigenvalue weighted by Gasteiger charge is -2.09. The Balaban J connectivity index is 2.37. The summed E-state index contributed by atoms with van der Waals surface area (Å²) in [5.41, 5.74) is 3.44. The standard InChI is InChI=1S/C16H14N2O/c1-11-3-4-14(9-12(11)2)16(19)15(10-17)13-5-7-18-8-6-13/h3-9,15H,1-2H3. The zero-order valence-corrected chi connectivity index (χ0v) is 10.9. The molecule has 1 heterocycles. The second-order valence-electron chi connectivity index (χ2n) is 4.51. The summed E-state index contributed by atoms with van der Waals surface area (Å²) in [6, 6.07) is 11.0. The summed E-state index contributed by atoms with van der Waals surface area (Å²) in [6.07, 6.45) is 3.18. The first-order valence-electron chi connectivity index (χ1n) is 6.04. The van der Waals surface area contributed by atoms with E-state index in [1.54, 1.807) is 30.6 Å². The molecule has 0 bridgehead atoms. The number of aromatic nitrogens is 1. The third-order valence-electron chi connectivity index (χ3n) is 3.22. The summed E-state index contributed by atoms with van der Waals surface area (Å²) in [6.45, 7) is 3.95. The highest BCUT2D eigenvalue weighted by atomic mass is 16.1. The van der Waals surface area contributed by atoms with Crippen LogP contribution in [0.5, 0.6) is 0 Å². The second kappa shape index (κ2) is 5.45. The Labute approximate surface area is 112 Å². The Bertz CT molecular complexity index is 642. The lowest BCUT2D eigenvalue weighted by Crippen LogP contribution is -2.11. The van der Waals surface area contributed by atoms with E-state index in [1.807, 2.05) is 26.0 Å². The third-order valence-corrected chi connectivity index (χ3v) is 3.22. The number of nitrogens with zero attached hydrogens (tertiary/aromatic N) is 2. The van der Waals surface area contributed by atoms with Crippen LogP contribution in [0.15, 0.2) is 42.7 Å². The minimum Gasteiger partial charge on any atom is -0.292 e. The fraction of sp³-hybridized carbons (Fsp3) is 0.188. The SMILES string of the molecule is Cc1ccc(C(=O)C(C#N)c2ccncc2)cc1C. The van der Waals surface area contributed by atoms with Crippen LogP contribution in [0.1, 0.15) is 33.0 Å². The average Bonchev–Trinajstić information content (AvgIpc) is 2.44. The number of ketones is 1. The van der Waals surface area contributed by atoms with Crippen molar-refractivity contribution < 1.29 is 4.79 Å². The second-order valence-corrected chi connectivity index (χ2v) is 4.51. The number of aryl methyl sites for hydroxylation is 2. The van der Waals surface area contributed by atoms with Crippen molar-refractivity contribution in [2.45, 2.75) is 19.8 Å². The topological polar surface area (TPSA) is 53.8 Å². The van der Waals surface area contributed by atoms with Crippen molar-refractivity contribution in [1.29, 1.82) is 5.26 Å². The summed E-state index contributed by atoms with van der Waals surface area (Å²) in [7, 11) is 0. The van der Waals surface area contributed by atoms with E-state index < -0.39 is 5.92 Å². The largest absolute Gasteiger partial charge is 0.292 e. The van der Waals surface area contributed by atoms with Gasteiger partial charge in [0.25, 0.3) is 0 Å². The third kappa shape index (κ3) is 2.69. The monoisotopic (exact) mass is 250 g/mol. The van der Waals surface area contributed by atoms with Crippen LogP contribution in [-0.4, -0.2) is 10.8 Å². The van der Waals surface area contributed by atoms with Gasteiger partial charge in [-0.1, -0.05) is 12.1 Å². The van der Waals surface area contributed by atoms with Gasteiger partial charge in [0.1, 0.15) is 5.92 Å². The molecule has 0 aliphatic heterocycles. The molecule has 0 saturated carbocycles. The first-order valence-corrected chi connectivity index (χ1v) is 6.04. The van der Waals surface area contributed by atoms with Crippen LogP contribution in [0.25, 0.3) is 0 Å². The van der Waals surface area contributed by atoms with Gasteiger partial charge in [0.2, 0.25) is 0 Å². The van der Waals surface area contributed by atoms with Gasteiger partial charge >= 0.3 is 0 Å². The quantitative estimate of drug-likeness (QED) is 0.786. The van der Waals surface area contributed by atoms with Gasteiger partial charge in [-0.3, -0.25) is 9.78 Å². The molecule has 0 amide bonds. The van der Waals surface area contributed by atoms with Crippen LogP contribution < -0.4 is 0 Å². The molecule has 0 aliphatic rings. The molecule has 0 radical (unpaired) electrons. The number of benzene rings is 1. The molecule has 2 aromatic rings. The Hall–Kier alpha value is -2.47. The Kier molecular flexibility index (Phi) is 3.72. The number of pyridine rings is 1. The van der Waals surface area contributed by atoms with Gasteiger partial charge in [-0.05, 0) is 48.7 Å². The highest BCUT2D eigenvalue weighted by Crippen LogP contribution is 2.21. The van der Waals surface area contributed by atoms with Crippen LogP contribution in [-0.2, 0) is 0 Å². The Morgan fingerprint density at radius 1 is 1.16 bits per heavy atom. The van der Waals surface area contributed by atoms with Crippen LogP contribution >= 0.6 is 0 Å². The van der Waals surface area contributed by atoms with Gasteiger partial charge in [-0.15, -0.1) is 0 Å². The molecule has 0 fully saturated rings. The molecule has 19 heavy (non-hydrogen) atoms. The Morgan fingerprint density at radius 3 is 2.42 bits per heavy atom. The number of hydrogen-bond acceptors (Lipinski definition) is 3. The van der Waals surface area contributed by atoms with Crippen molar-refractivity contribution in [1.82, 2.24) is 4.98 Å². The minimum atomic E-state index is -0.773. The summed E-state index contributed by atoms with van der Waals surface area (Å²) in [5.74, 6) is -0.943. The van der Waals surface area contributed by atoms with Crippen LogP contribution in [0.3, 0.4) is 0 Å². The average molecular weight is 250 g/mol. The van der Waals surface area contributed by atoms with Crippen molar-refractivity contribution in [2.75, 3.05) is 0 Å². The van der Waals surface area contributed by atoms with Gasteiger partial charge in [0.05, 0.1) is 6.07 Å². The van der Waals surface area contributed by atoms with E-state index in [0.29, 0.717) is 11.1 Å².